The summed E-state index contributed by atoms with van der Waals surface area (Å²) >= 11 is 0. The molecule has 0 aromatic heterocycles. The van der Waals surface area contributed by atoms with Gasteiger partial charge in [0.1, 0.15) is 0 Å². The maximum Gasteiger partial charge on any atom is 0.161 e. The van der Waals surface area contributed by atoms with Crippen LogP contribution in [0.3, 0.4) is 0 Å². The minimum atomic E-state index is 0.170. The van der Waals surface area contributed by atoms with Crippen LogP contribution in [0.2, 0.25) is 0 Å². The third kappa shape index (κ3) is 2.30. The Morgan fingerprint density at radius 2 is 1.94 bits per heavy atom. The van der Waals surface area contributed by atoms with Gasteiger partial charge < -0.3 is 14.8 Å². The van der Waals surface area contributed by atoms with Crippen LogP contribution in [0.25, 0.3) is 0 Å². The zero-order chi connectivity index (χ0) is 11.5. The van der Waals surface area contributed by atoms with Crippen LogP contribution in [-0.4, -0.2) is 19.8 Å². The zero-order valence-corrected chi connectivity index (χ0v) is 10.2. The first-order valence-corrected chi connectivity index (χ1v) is 5.78. The predicted molar refractivity (Wildman–Crippen MR) is 64.2 cm³/mol. The zero-order valence-electron chi connectivity index (χ0n) is 10.2. The molecule has 1 aliphatic heterocycles. The number of rotatable bonds is 3. The van der Waals surface area contributed by atoms with E-state index in [1.165, 1.54) is 11.1 Å². The van der Waals surface area contributed by atoms with Gasteiger partial charge in [0.25, 0.3) is 0 Å². The van der Waals surface area contributed by atoms with Crippen LogP contribution < -0.4 is 14.8 Å². The summed E-state index contributed by atoms with van der Waals surface area (Å²) in [5.41, 5.74) is 2.69. The van der Waals surface area contributed by atoms with Crippen LogP contribution >= 0.6 is 0 Å². The average Bonchev–Trinajstić information content (AvgIpc) is 2.27. The van der Waals surface area contributed by atoms with Crippen molar-refractivity contribution in [3.63, 3.8) is 0 Å². The summed E-state index contributed by atoms with van der Waals surface area (Å²) in [5.74, 6) is 1.69. The second-order valence-corrected chi connectivity index (χ2v) is 4.37. The van der Waals surface area contributed by atoms with Crippen LogP contribution in [0.1, 0.15) is 25.0 Å². The van der Waals surface area contributed by atoms with Crippen molar-refractivity contribution >= 4 is 0 Å². The normalized spacial score (nSPS) is 14.8. The largest absolute Gasteiger partial charge is 0.493 e. The Morgan fingerprint density at radius 1 is 1.19 bits per heavy atom. The molecule has 0 fully saturated rings. The molecule has 1 N–H and O–H groups in total. The van der Waals surface area contributed by atoms with E-state index in [-0.39, 0.29) is 6.10 Å². The highest BCUT2D eigenvalue weighted by atomic mass is 16.5. The monoisotopic (exact) mass is 221 g/mol. The van der Waals surface area contributed by atoms with E-state index in [1.807, 2.05) is 13.8 Å². The molecule has 0 saturated carbocycles. The molecule has 88 valence electrons. The van der Waals surface area contributed by atoms with Crippen LogP contribution in [0.5, 0.6) is 11.5 Å². The topological polar surface area (TPSA) is 30.5 Å². The van der Waals surface area contributed by atoms with Crippen LogP contribution in [0.15, 0.2) is 12.1 Å². The first-order chi connectivity index (χ1) is 7.70. The molecule has 2 rings (SSSR count). The highest BCUT2D eigenvalue weighted by molar-refractivity contribution is 5.48. The Balaban J connectivity index is 2.35. The maximum atomic E-state index is 5.75. The minimum absolute atomic E-state index is 0.170. The molecule has 0 unspecified atom stereocenters. The second-order valence-electron chi connectivity index (χ2n) is 4.37. The van der Waals surface area contributed by atoms with Crippen molar-refractivity contribution in [3.8, 4) is 11.5 Å². The van der Waals surface area contributed by atoms with Gasteiger partial charge in [0.15, 0.2) is 11.5 Å². The van der Waals surface area contributed by atoms with Gasteiger partial charge in [-0.1, -0.05) is 0 Å². The lowest BCUT2D eigenvalue weighted by atomic mass is 10.0. The quantitative estimate of drug-likeness (QED) is 0.848. The Bertz CT molecular complexity index is 374. The highest BCUT2D eigenvalue weighted by Gasteiger charge is 2.14. The number of ether oxygens (including phenoxy) is 2. The van der Waals surface area contributed by atoms with E-state index in [1.54, 1.807) is 7.11 Å². The number of hydrogen-bond donors (Lipinski definition) is 1. The summed E-state index contributed by atoms with van der Waals surface area (Å²) in [7, 11) is 1.69. The summed E-state index contributed by atoms with van der Waals surface area (Å²) < 4.78 is 11.1. The lowest BCUT2D eigenvalue weighted by molar-refractivity contribution is 0.229. The molecule has 1 aromatic rings. The standard InChI is InChI=1S/C13H19NO2/c1-9(2)16-13-7-11-8-14-5-4-10(11)6-12(13)15-3/h6-7,9,14H,4-5,8H2,1-3H3. The predicted octanol–water partition coefficient (Wildman–Crippen LogP) is 2.13. The van der Waals surface area contributed by atoms with Gasteiger partial charge in [-0.05, 0) is 50.1 Å². The van der Waals surface area contributed by atoms with Crippen molar-refractivity contribution in [2.75, 3.05) is 13.7 Å². The van der Waals surface area contributed by atoms with Gasteiger partial charge in [0, 0.05) is 6.54 Å². The van der Waals surface area contributed by atoms with Crippen molar-refractivity contribution in [1.82, 2.24) is 5.32 Å². The summed E-state index contributed by atoms with van der Waals surface area (Å²) in [5, 5.41) is 3.36. The molecule has 0 atom stereocenters. The molecule has 0 amide bonds. The average molecular weight is 221 g/mol. The van der Waals surface area contributed by atoms with E-state index >= 15 is 0 Å². The van der Waals surface area contributed by atoms with Gasteiger partial charge in [-0.25, -0.2) is 0 Å². The molecule has 0 aliphatic carbocycles. The number of hydrogen-bond acceptors (Lipinski definition) is 3. The van der Waals surface area contributed by atoms with E-state index in [4.69, 9.17) is 9.47 Å². The molecule has 3 nitrogen and oxygen atoms in total. The summed E-state index contributed by atoms with van der Waals surface area (Å²) in [6.07, 6.45) is 1.23. The van der Waals surface area contributed by atoms with Crippen LogP contribution in [0, 0.1) is 0 Å². The fourth-order valence-electron chi connectivity index (χ4n) is 1.99. The molecular weight excluding hydrogens is 202 g/mol. The van der Waals surface area contributed by atoms with Crippen molar-refractivity contribution < 1.29 is 9.47 Å². The van der Waals surface area contributed by atoms with Gasteiger partial charge in [0.2, 0.25) is 0 Å². The van der Waals surface area contributed by atoms with E-state index in [0.29, 0.717) is 0 Å². The lowest BCUT2D eigenvalue weighted by Gasteiger charge is -2.21. The first kappa shape index (κ1) is 11.3. The third-order valence-corrected chi connectivity index (χ3v) is 2.74. The van der Waals surface area contributed by atoms with Crippen molar-refractivity contribution in [2.24, 2.45) is 0 Å². The van der Waals surface area contributed by atoms with E-state index in [2.05, 4.69) is 17.4 Å². The number of nitrogens with one attached hydrogen (secondary N) is 1. The van der Waals surface area contributed by atoms with Crippen molar-refractivity contribution in [3.05, 3.63) is 23.3 Å². The summed E-state index contributed by atoms with van der Waals surface area (Å²) in [4.78, 5) is 0. The highest BCUT2D eigenvalue weighted by Crippen LogP contribution is 2.32. The van der Waals surface area contributed by atoms with Crippen molar-refractivity contribution in [1.29, 1.82) is 0 Å². The molecule has 16 heavy (non-hydrogen) atoms. The van der Waals surface area contributed by atoms with E-state index < -0.39 is 0 Å². The van der Waals surface area contributed by atoms with Gasteiger partial charge in [-0.2, -0.15) is 0 Å². The molecular formula is C13H19NO2. The van der Waals surface area contributed by atoms with Crippen LogP contribution in [-0.2, 0) is 13.0 Å². The second kappa shape index (κ2) is 4.74. The minimum Gasteiger partial charge on any atom is -0.493 e. The maximum absolute atomic E-state index is 5.75. The summed E-state index contributed by atoms with van der Waals surface area (Å²) in [6, 6.07) is 4.20. The van der Waals surface area contributed by atoms with Gasteiger partial charge in [0.05, 0.1) is 13.2 Å². The Labute approximate surface area is 96.8 Å². The fraction of sp³-hybridized carbons (Fsp3) is 0.538. The van der Waals surface area contributed by atoms with Crippen molar-refractivity contribution in [2.45, 2.75) is 32.9 Å². The molecule has 3 heteroatoms. The SMILES string of the molecule is COc1cc2c(cc1OC(C)C)CNCC2. The smallest absolute Gasteiger partial charge is 0.161 e. The summed E-state index contributed by atoms with van der Waals surface area (Å²) in [6.45, 7) is 6.02. The molecule has 0 saturated heterocycles. The molecule has 0 radical (unpaired) electrons. The Morgan fingerprint density at radius 3 is 2.62 bits per heavy atom. The van der Waals surface area contributed by atoms with Gasteiger partial charge >= 0.3 is 0 Å². The Kier molecular flexibility index (Phi) is 3.34. The Hall–Kier alpha value is -1.22. The molecule has 0 bridgehead atoms. The molecule has 1 heterocycles. The number of fused-ring (bicyclic) bond motifs is 1. The fourth-order valence-corrected chi connectivity index (χ4v) is 1.99. The van der Waals surface area contributed by atoms with E-state index in [9.17, 15) is 0 Å². The number of benzene rings is 1. The first-order valence-electron chi connectivity index (χ1n) is 5.78. The van der Waals surface area contributed by atoms with E-state index in [0.717, 1.165) is 31.0 Å². The lowest BCUT2D eigenvalue weighted by Crippen LogP contribution is -2.23. The molecule has 0 spiro atoms. The third-order valence-electron chi connectivity index (χ3n) is 2.74. The number of methoxy groups -OCH3 is 1. The molecule has 1 aromatic carbocycles. The van der Waals surface area contributed by atoms with Gasteiger partial charge in [-0.3, -0.25) is 0 Å². The van der Waals surface area contributed by atoms with Gasteiger partial charge in [-0.15, -0.1) is 0 Å². The molecule has 1 aliphatic rings. The van der Waals surface area contributed by atoms with Crippen LogP contribution in [0.4, 0.5) is 0 Å².